The van der Waals surface area contributed by atoms with Crippen LogP contribution < -0.4 is 16.1 Å². The fourth-order valence-corrected chi connectivity index (χ4v) is 2.80. The number of hydrogen-bond acceptors (Lipinski definition) is 3. The zero-order chi connectivity index (χ0) is 19.4. The van der Waals surface area contributed by atoms with Crippen LogP contribution in [0.2, 0.25) is 0 Å². The monoisotopic (exact) mass is 367 g/mol. The van der Waals surface area contributed by atoms with E-state index in [-0.39, 0.29) is 17.7 Å². The van der Waals surface area contributed by atoms with Crippen LogP contribution in [0, 0.1) is 5.82 Å². The molecule has 7 heteroatoms. The third-order valence-corrected chi connectivity index (χ3v) is 4.21. The van der Waals surface area contributed by atoms with Crippen LogP contribution in [0.15, 0.2) is 70.4 Å². The first-order valence-electron chi connectivity index (χ1n) is 8.45. The van der Waals surface area contributed by atoms with Gasteiger partial charge in [-0.3, -0.25) is 14.2 Å². The van der Waals surface area contributed by atoms with Crippen molar-refractivity contribution in [3.63, 3.8) is 0 Å². The Morgan fingerprint density at radius 2 is 1.74 bits per heavy atom. The highest BCUT2D eigenvalue weighted by Gasteiger charge is 2.21. The molecule has 2 aromatic carbocycles. The van der Waals surface area contributed by atoms with Crippen molar-refractivity contribution in [1.29, 1.82) is 0 Å². The molecule has 1 amide bonds. The van der Waals surface area contributed by atoms with Gasteiger partial charge in [0.25, 0.3) is 11.5 Å². The Morgan fingerprint density at radius 1 is 1.07 bits per heavy atom. The summed E-state index contributed by atoms with van der Waals surface area (Å²) in [5.41, 5.74) is -0.832. The maximum absolute atomic E-state index is 13.9. The molecule has 0 aliphatic heterocycles. The van der Waals surface area contributed by atoms with Crippen LogP contribution in [-0.2, 0) is 6.54 Å². The first-order chi connectivity index (χ1) is 13.0. The summed E-state index contributed by atoms with van der Waals surface area (Å²) in [7, 11) is 0. The number of rotatable bonds is 5. The number of hydrogen-bond donors (Lipinski definition) is 1. The van der Waals surface area contributed by atoms with Crippen LogP contribution >= 0.6 is 0 Å². The van der Waals surface area contributed by atoms with E-state index in [0.717, 1.165) is 10.8 Å². The minimum Gasteiger partial charge on any atom is -0.313 e. The number of carbonyl (C=O) groups excluding carboxylic acids is 1. The van der Waals surface area contributed by atoms with Crippen LogP contribution in [0.5, 0.6) is 0 Å². The lowest BCUT2D eigenvalue weighted by atomic mass is 10.2. The predicted molar refractivity (Wildman–Crippen MR) is 101 cm³/mol. The van der Waals surface area contributed by atoms with Crippen molar-refractivity contribution >= 4 is 11.6 Å². The fourth-order valence-electron chi connectivity index (χ4n) is 2.80. The number of anilines is 1. The third kappa shape index (κ3) is 3.72. The summed E-state index contributed by atoms with van der Waals surface area (Å²) >= 11 is 0. The number of nitrogens with one attached hydrogen (secondary N) is 1. The van der Waals surface area contributed by atoms with Crippen molar-refractivity contribution < 1.29 is 9.18 Å². The maximum Gasteiger partial charge on any atom is 0.328 e. The summed E-state index contributed by atoms with van der Waals surface area (Å²) in [6.07, 6.45) is 1.11. The Hall–Kier alpha value is -3.48. The number of aromatic nitrogens is 2. The zero-order valence-electron chi connectivity index (χ0n) is 14.7. The van der Waals surface area contributed by atoms with Crippen LogP contribution in [0.4, 0.5) is 10.1 Å². The molecular formula is C20H18FN3O3. The van der Waals surface area contributed by atoms with Gasteiger partial charge >= 0.3 is 5.69 Å². The van der Waals surface area contributed by atoms with Gasteiger partial charge < -0.3 is 9.88 Å². The Labute approximate surface area is 154 Å². The number of carbonyl (C=O) groups is 1. The molecule has 3 rings (SSSR count). The normalized spacial score (nSPS) is 10.6. The van der Waals surface area contributed by atoms with Gasteiger partial charge in [0.2, 0.25) is 0 Å². The number of H-pyrrole nitrogens is 1. The van der Waals surface area contributed by atoms with Crippen molar-refractivity contribution in [1.82, 2.24) is 9.55 Å². The molecule has 1 N–H and O–H groups in total. The van der Waals surface area contributed by atoms with Crippen molar-refractivity contribution in [3.05, 3.63) is 98.6 Å². The average Bonchev–Trinajstić information content (AvgIpc) is 2.68. The van der Waals surface area contributed by atoms with E-state index >= 15 is 0 Å². The molecule has 3 aromatic rings. The molecule has 0 atom stereocenters. The standard InChI is InChI=1S/C20H18FN3O3/c1-2-23(15-9-4-3-5-10-15)18(25)16-12-22-20(27)24(19(16)26)13-14-8-6-7-11-17(14)21/h3-12H,2,13H2,1H3,(H,22,27). The number of halogens is 1. The topological polar surface area (TPSA) is 75.2 Å². The van der Waals surface area contributed by atoms with Crippen molar-refractivity contribution in [2.75, 3.05) is 11.4 Å². The molecule has 0 saturated heterocycles. The Kier molecular flexibility index (Phi) is 5.30. The van der Waals surface area contributed by atoms with Crippen LogP contribution in [0.3, 0.4) is 0 Å². The van der Waals surface area contributed by atoms with Crippen molar-refractivity contribution in [2.45, 2.75) is 13.5 Å². The number of benzene rings is 2. The Balaban J connectivity index is 2.02. The van der Waals surface area contributed by atoms with Gasteiger partial charge in [-0.25, -0.2) is 9.18 Å². The molecule has 0 radical (unpaired) electrons. The molecular weight excluding hydrogens is 349 g/mol. The Morgan fingerprint density at radius 3 is 2.41 bits per heavy atom. The largest absolute Gasteiger partial charge is 0.328 e. The second-order valence-electron chi connectivity index (χ2n) is 5.88. The molecule has 138 valence electrons. The number of amides is 1. The molecule has 0 aliphatic rings. The van der Waals surface area contributed by atoms with E-state index in [4.69, 9.17) is 0 Å². The Bertz CT molecular complexity index is 1070. The molecule has 0 bridgehead atoms. The van der Waals surface area contributed by atoms with Crippen LogP contribution in [0.1, 0.15) is 22.8 Å². The SMILES string of the molecule is CCN(C(=O)c1c[nH]c(=O)n(Cc2ccccc2F)c1=O)c1ccccc1. The number of aromatic amines is 1. The van der Waals surface area contributed by atoms with Gasteiger partial charge in [0.15, 0.2) is 0 Å². The minimum atomic E-state index is -0.763. The van der Waals surface area contributed by atoms with Gasteiger partial charge in [-0.15, -0.1) is 0 Å². The molecule has 0 fully saturated rings. The minimum absolute atomic E-state index is 0.184. The lowest BCUT2D eigenvalue weighted by molar-refractivity contribution is 0.0985. The molecule has 0 unspecified atom stereocenters. The van der Waals surface area contributed by atoms with Crippen molar-refractivity contribution in [2.24, 2.45) is 0 Å². The van der Waals surface area contributed by atoms with Gasteiger partial charge in [0.1, 0.15) is 11.4 Å². The lowest BCUT2D eigenvalue weighted by Crippen LogP contribution is -2.42. The summed E-state index contributed by atoms with van der Waals surface area (Å²) in [5.74, 6) is -1.06. The average molecular weight is 367 g/mol. The summed E-state index contributed by atoms with van der Waals surface area (Å²) in [6.45, 7) is 1.86. The fraction of sp³-hybridized carbons (Fsp3) is 0.150. The van der Waals surface area contributed by atoms with E-state index in [1.165, 1.54) is 23.1 Å². The molecule has 0 aliphatic carbocycles. The third-order valence-electron chi connectivity index (χ3n) is 4.21. The molecule has 0 saturated carbocycles. The lowest BCUT2D eigenvalue weighted by Gasteiger charge is -2.21. The van der Waals surface area contributed by atoms with E-state index in [2.05, 4.69) is 4.98 Å². The molecule has 27 heavy (non-hydrogen) atoms. The number of para-hydroxylation sites is 1. The summed E-state index contributed by atoms with van der Waals surface area (Å²) in [4.78, 5) is 41.6. The van der Waals surface area contributed by atoms with Crippen LogP contribution in [0.25, 0.3) is 0 Å². The molecule has 1 heterocycles. The highest BCUT2D eigenvalue weighted by molar-refractivity contribution is 6.05. The van der Waals surface area contributed by atoms with Gasteiger partial charge in [0, 0.05) is 24.0 Å². The first kappa shape index (κ1) is 18.3. The number of nitrogens with zero attached hydrogens (tertiary/aromatic N) is 2. The second kappa shape index (κ2) is 7.82. The molecule has 6 nitrogen and oxygen atoms in total. The summed E-state index contributed by atoms with van der Waals surface area (Å²) in [5, 5.41) is 0. The maximum atomic E-state index is 13.9. The van der Waals surface area contributed by atoms with E-state index in [0.29, 0.717) is 12.2 Å². The molecule has 0 spiro atoms. The van der Waals surface area contributed by atoms with Gasteiger partial charge in [-0.2, -0.15) is 0 Å². The van der Waals surface area contributed by atoms with Crippen molar-refractivity contribution in [3.8, 4) is 0 Å². The van der Waals surface area contributed by atoms with Gasteiger partial charge in [-0.1, -0.05) is 36.4 Å². The van der Waals surface area contributed by atoms with E-state index in [9.17, 15) is 18.8 Å². The summed E-state index contributed by atoms with van der Waals surface area (Å²) in [6, 6.07) is 14.8. The van der Waals surface area contributed by atoms with E-state index in [1.807, 2.05) is 6.07 Å². The van der Waals surface area contributed by atoms with E-state index < -0.39 is 23.0 Å². The van der Waals surface area contributed by atoms with Gasteiger partial charge in [0.05, 0.1) is 6.54 Å². The first-order valence-corrected chi connectivity index (χ1v) is 8.45. The van der Waals surface area contributed by atoms with E-state index in [1.54, 1.807) is 37.3 Å². The second-order valence-corrected chi connectivity index (χ2v) is 5.88. The summed E-state index contributed by atoms with van der Waals surface area (Å²) < 4.78 is 14.7. The quantitative estimate of drug-likeness (QED) is 0.752. The predicted octanol–water partition coefficient (Wildman–Crippen LogP) is 2.39. The highest BCUT2D eigenvalue weighted by Crippen LogP contribution is 2.15. The highest BCUT2D eigenvalue weighted by atomic mass is 19.1. The van der Waals surface area contributed by atoms with Gasteiger partial charge in [-0.05, 0) is 25.1 Å². The zero-order valence-corrected chi connectivity index (χ0v) is 14.7. The smallest absolute Gasteiger partial charge is 0.313 e. The van der Waals surface area contributed by atoms with Crippen LogP contribution in [-0.4, -0.2) is 22.0 Å². The molecule has 1 aromatic heterocycles.